The minimum absolute atomic E-state index is 0.0289. The molecule has 5 heteroatoms. The molecule has 0 saturated heterocycles. The molecule has 0 bridgehead atoms. The molecule has 2 atom stereocenters. The van der Waals surface area contributed by atoms with E-state index in [-0.39, 0.29) is 25.0 Å². The molecule has 2 amide bonds. The zero-order chi connectivity index (χ0) is 16.1. The number of carboxylic acids is 1. The summed E-state index contributed by atoms with van der Waals surface area (Å²) in [5.41, 5.74) is 2.70. The zero-order valence-electron chi connectivity index (χ0n) is 13.2. The number of benzene rings is 1. The number of urea groups is 1. The maximum atomic E-state index is 12.1. The molecule has 1 aromatic carbocycles. The van der Waals surface area contributed by atoms with Gasteiger partial charge in [0.1, 0.15) is 0 Å². The normalized spacial score (nSPS) is 18.2. The maximum Gasteiger partial charge on any atom is 0.317 e. The van der Waals surface area contributed by atoms with E-state index < -0.39 is 5.97 Å². The fourth-order valence-electron chi connectivity index (χ4n) is 3.08. The minimum Gasteiger partial charge on any atom is -0.481 e. The number of nitrogens with zero attached hydrogens (tertiary/aromatic N) is 1. The lowest BCUT2D eigenvalue weighted by Gasteiger charge is -2.32. The highest BCUT2D eigenvalue weighted by atomic mass is 16.4. The standard InChI is InChI=1S/C17H24N2O3/c1-12(18-17(22)19(2)11-10-16(20)21)14-9-5-7-13-6-3-4-8-15(13)14/h3-4,6,8,12,14H,5,7,9-11H2,1-2H3,(H,18,22)(H,20,21)/t12-,14?/m1/s1. The Balaban J connectivity index is 1.96. The van der Waals surface area contributed by atoms with Gasteiger partial charge in [-0.2, -0.15) is 0 Å². The van der Waals surface area contributed by atoms with Crippen LogP contribution in [0.5, 0.6) is 0 Å². The van der Waals surface area contributed by atoms with Crippen molar-refractivity contribution in [3.8, 4) is 0 Å². The number of amides is 2. The maximum absolute atomic E-state index is 12.1. The van der Waals surface area contributed by atoms with Crippen molar-refractivity contribution >= 4 is 12.0 Å². The summed E-state index contributed by atoms with van der Waals surface area (Å²) < 4.78 is 0. The molecule has 22 heavy (non-hydrogen) atoms. The Morgan fingerprint density at radius 1 is 1.41 bits per heavy atom. The van der Waals surface area contributed by atoms with E-state index in [0.717, 1.165) is 19.3 Å². The first-order chi connectivity index (χ1) is 10.5. The minimum atomic E-state index is -0.895. The third-order valence-electron chi connectivity index (χ3n) is 4.38. The van der Waals surface area contributed by atoms with E-state index in [0.29, 0.717) is 5.92 Å². The van der Waals surface area contributed by atoms with Gasteiger partial charge in [0.05, 0.1) is 6.42 Å². The van der Waals surface area contributed by atoms with E-state index in [4.69, 9.17) is 5.11 Å². The Morgan fingerprint density at radius 2 is 2.14 bits per heavy atom. The largest absolute Gasteiger partial charge is 0.481 e. The second-order valence-electron chi connectivity index (χ2n) is 6.00. The van der Waals surface area contributed by atoms with Gasteiger partial charge >= 0.3 is 12.0 Å². The number of aliphatic carboxylic acids is 1. The molecule has 0 spiro atoms. The topological polar surface area (TPSA) is 69.6 Å². The van der Waals surface area contributed by atoms with E-state index in [9.17, 15) is 9.59 Å². The Morgan fingerprint density at radius 3 is 2.86 bits per heavy atom. The lowest BCUT2D eigenvalue weighted by atomic mass is 9.79. The first-order valence-corrected chi connectivity index (χ1v) is 7.80. The molecular formula is C17H24N2O3. The predicted molar refractivity (Wildman–Crippen MR) is 85.0 cm³/mol. The van der Waals surface area contributed by atoms with Gasteiger partial charge in [-0.1, -0.05) is 24.3 Å². The van der Waals surface area contributed by atoms with E-state index in [1.165, 1.54) is 16.0 Å². The average molecular weight is 304 g/mol. The van der Waals surface area contributed by atoms with Crippen LogP contribution in [0.15, 0.2) is 24.3 Å². The van der Waals surface area contributed by atoms with Gasteiger partial charge in [0.25, 0.3) is 0 Å². The van der Waals surface area contributed by atoms with Crippen LogP contribution in [0.3, 0.4) is 0 Å². The summed E-state index contributed by atoms with van der Waals surface area (Å²) in [6.45, 7) is 2.24. The van der Waals surface area contributed by atoms with Crippen molar-refractivity contribution in [2.45, 2.75) is 44.6 Å². The van der Waals surface area contributed by atoms with Gasteiger partial charge < -0.3 is 15.3 Å². The second-order valence-corrected chi connectivity index (χ2v) is 6.00. The fraction of sp³-hybridized carbons (Fsp3) is 0.529. The molecule has 120 valence electrons. The predicted octanol–water partition coefficient (Wildman–Crippen LogP) is 2.61. The summed E-state index contributed by atoms with van der Waals surface area (Å²) in [7, 11) is 1.62. The van der Waals surface area contributed by atoms with Crippen LogP contribution in [0, 0.1) is 0 Å². The van der Waals surface area contributed by atoms with Crippen LogP contribution in [-0.2, 0) is 11.2 Å². The highest BCUT2D eigenvalue weighted by Gasteiger charge is 2.26. The first-order valence-electron chi connectivity index (χ1n) is 7.80. The Bertz CT molecular complexity index is 544. The quantitative estimate of drug-likeness (QED) is 0.878. The van der Waals surface area contributed by atoms with Crippen LogP contribution in [-0.4, -0.2) is 41.6 Å². The van der Waals surface area contributed by atoms with Gasteiger partial charge in [-0.15, -0.1) is 0 Å². The third kappa shape index (κ3) is 4.00. The monoisotopic (exact) mass is 304 g/mol. The summed E-state index contributed by atoms with van der Waals surface area (Å²) in [6.07, 6.45) is 3.27. The molecule has 1 aliphatic carbocycles. The molecule has 1 unspecified atom stereocenters. The molecule has 5 nitrogen and oxygen atoms in total. The van der Waals surface area contributed by atoms with Crippen LogP contribution in [0.2, 0.25) is 0 Å². The number of carboxylic acid groups (broad SMARTS) is 1. The smallest absolute Gasteiger partial charge is 0.317 e. The number of hydrogen-bond donors (Lipinski definition) is 2. The van der Waals surface area contributed by atoms with Crippen LogP contribution >= 0.6 is 0 Å². The number of hydrogen-bond acceptors (Lipinski definition) is 2. The Hall–Kier alpha value is -2.04. The molecule has 2 N–H and O–H groups in total. The van der Waals surface area contributed by atoms with Gasteiger partial charge in [0.2, 0.25) is 0 Å². The fourth-order valence-corrected chi connectivity index (χ4v) is 3.08. The lowest BCUT2D eigenvalue weighted by molar-refractivity contribution is -0.137. The molecular weight excluding hydrogens is 280 g/mol. The van der Waals surface area contributed by atoms with Crippen LogP contribution in [0.1, 0.15) is 43.2 Å². The van der Waals surface area contributed by atoms with Crippen molar-refractivity contribution in [2.24, 2.45) is 0 Å². The van der Waals surface area contributed by atoms with Gasteiger partial charge in [-0.25, -0.2) is 4.79 Å². The summed E-state index contributed by atoms with van der Waals surface area (Å²) in [5, 5.41) is 11.7. The summed E-state index contributed by atoms with van der Waals surface area (Å²) in [5.74, 6) is -0.573. The average Bonchev–Trinajstić information content (AvgIpc) is 2.51. The summed E-state index contributed by atoms with van der Waals surface area (Å²) in [6, 6.07) is 8.23. The molecule has 1 aliphatic rings. The Labute approximate surface area is 131 Å². The van der Waals surface area contributed by atoms with Crippen molar-refractivity contribution in [1.29, 1.82) is 0 Å². The molecule has 0 saturated carbocycles. The summed E-state index contributed by atoms with van der Waals surface area (Å²) >= 11 is 0. The van der Waals surface area contributed by atoms with Gasteiger partial charge in [-0.05, 0) is 37.3 Å². The molecule has 0 radical (unpaired) electrons. The number of carbonyl (C=O) groups is 2. The van der Waals surface area contributed by atoms with Crippen LogP contribution < -0.4 is 5.32 Å². The molecule has 2 rings (SSSR count). The number of aryl methyl sites for hydroxylation is 1. The third-order valence-corrected chi connectivity index (χ3v) is 4.38. The molecule has 0 aliphatic heterocycles. The highest BCUT2D eigenvalue weighted by Crippen LogP contribution is 2.33. The molecule has 1 aromatic rings. The van der Waals surface area contributed by atoms with Gasteiger partial charge in [-0.3, -0.25) is 4.79 Å². The lowest BCUT2D eigenvalue weighted by Crippen LogP contribution is -2.45. The van der Waals surface area contributed by atoms with E-state index >= 15 is 0 Å². The van der Waals surface area contributed by atoms with Crippen molar-refractivity contribution in [1.82, 2.24) is 10.2 Å². The Kier molecular flexibility index (Phi) is 5.41. The van der Waals surface area contributed by atoms with Crippen molar-refractivity contribution in [3.63, 3.8) is 0 Å². The second kappa shape index (κ2) is 7.29. The number of carbonyl (C=O) groups excluding carboxylic acids is 1. The van der Waals surface area contributed by atoms with E-state index in [1.54, 1.807) is 7.05 Å². The van der Waals surface area contributed by atoms with Crippen molar-refractivity contribution in [3.05, 3.63) is 35.4 Å². The highest BCUT2D eigenvalue weighted by molar-refractivity contribution is 5.75. The van der Waals surface area contributed by atoms with E-state index in [1.807, 2.05) is 13.0 Å². The number of rotatable bonds is 5. The summed E-state index contributed by atoms with van der Waals surface area (Å²) in [4.78, 5) is 24.1. The van der Waals surface area contributed by atoms with E-state index in [2.05, 4.69) is 23.5 Å². The van der Waals surface area contributed by atoms with Gasteiger partial charge in [0.15, 0.2) is 0 Å². The molecule has 0 heterocycles. The molecule has 0 aromatic heterocycles. The molecule has 0 fully saturated rings. The zero-order valence-corrected chi connectivity index (χ0v) is 13.2. The van der Waals surface area contributed by atoms with Gasteiger partial charge in [0, 0.05) is 25.6 Å². The SMILES string of the molecule is C[C@@H](NC(=O)N(C)CCC(=O)O)C1CCCc2ccccc21. The van der Waals surface area contributed by atoms with Crippen molar-refractivity contribution in [2.75, 3.05) is 13.6 Å². The van der Waals surface area contributed by atoms with Crippen LogP contribution in [0.4, 0.5) is 4.79 Å². The number of fused-ring (bicyclic) bond motifs is 1. The van der Waals surface area contributed by atoms with Crippen LogP contribution in [0.25, 0.3) is 0 Å². The number of nitrogens with one attached hydrogen (secondary N) is 1. The van der Waals surface area contributed by atoms with Crippen molar-refractivity contribution < 1.29 is 14.7 Å². The first kappa shape index (κ1) is 16.3.